The van der Waals surface area contributed by atoms with Crippen LogP contribution in [0.25, 0.3) is 6.08 Å². The molecule has 25 heavy (non-hydrogen) atoms. The molecule has 0 radical (unpaired) electrons. The van der Waals surface area contributed by atoms with Crippen LogP contribution in [0.15, 0.2) is 30.3 Å². The quantitative estimate of drug-likeness (QED) is 0.469. The van der Waals surface area contributed by atoms with Gasteiger partial charge in [-0.3, -0.25) is 4.79 Å². The number of halogens is 4. The average Bonchev–Trinajstić information content (AvgIpc) is 2.50. The van der Waals surface area contributed by atoms with Crippen LogP contribution in [0.1, 0.15) is 42.0 Å². The molecule has 132 valence electrons. The summed E-state index contributed by atoms with van der Waals surface area (Å²) in [5, 5.41) is 9.96. The molecule has 2 aromatic rings. The summed E-state index contributed by atoms with van der Waals surface area (Å²) in [4.78, 5) is 10.8. The van der Waals surface area contributed by atoms with Gasteiger partial charge < -0.3 is 5.11 Å². The Bertz CT molecular complexity index is 822. The Morgan fingerprint density at radius 2 is 1.84 bits per heavy atom. The minimum absolute atomic E-state index is 0.0697. The summed E-state index contributed by atoms with van der Waals surface area (Å²) in [6.07, 6.45) is 2.87. The van der Waals surface area contributed by atoms with Crippen molar-refractivity contribution in [2.24, 2.45) is 0 Å². The summed E-state index contributed by atoms with van der Waals surface area (Å²) in [6.45, 7) is 3.61. The minimum Gasteiger partial charge on any atom is -0.508 e. The van der Waals surface area contributed by atoms with Crippen LogP contribution in [0.3, 0.4) is 0 Å². The topological polar surface area (TPSA) is 37.3 Å². The molecule has 0 bridgehead atoms. The molecular weight excluding hydrogens is 386 g/mol. The van der Waals surface area contributed by atoms with Crippen LogP contribution in [0.5, 0.6) is 5.75 Å². The molecule has 2 aromatic carbocycles. The zero-order chi connectivity index (χ0) is 18.7. The van der Waals surface area contributed by atoms with Crippen molar-refractivity contribution < 1.29 is 14.3 Å². The first-order chi connectivity index (χ1) is 11.7. The molecule has 0 atom stereocenters. The van der Waals surface area contributed by atoms with Crippen molar-refractivity contribution in [3.63, 3.8) is 0 Å². The summed E-state index contributed by atoms with van der Waals surface area (Å²) < 4.78 is 14.7. The molecule has 0 aromatic heterocycles. The molecule has 1 N–H and O–H groups in total. The van der Waals surface area contributed by atoms with E-state index in [9.17, 15) is 14.3 Å². The van der Waals surface area contributed by atoms with Crippen molar-refractivity contribution in [1.82, 2.24) is 0 Å². The fraction of sp³-hybridized carbons (Fsp3) is 0.211. The standard InChI is InChI=1S/C19H16Cl3FO2/c1-10(2)18-16(24)5-4-12(19(18)23)9-13-14(20)7-11(8-15(13)21)3-6-17(22)25/h3-8,10,24H,9H2,1-2H3/b6-3+. The molecule has 0 fully saturated rings. The zero-order valence-electron chi connectivity index (χ0n) is 13.6. The van der Waals surface area contributed by atoms with E-state index in [1.54, 1.807) is 26.0 Å². The van der Waals surface area contributed by atoms with Gasteiger partial charge in [-0.2, -0.15) is 0 Å². The van der Waals surface area contributed by atoms with E-state index in [0.29, 0.717) is 26.7 Å². The van der Waals surface area contributed by atoms with E-state index < -0.39 is 11.1 Å². The number of phenols is 1. The SMILES string of the molecule is CC(C)c1c(O)ccc(Cc2c(Cl)cc(/C=C/C(=O)Cl)cc2Cl)c1F. The third-order valence-corrected chi connectivity index (χ3v) is 4.55. The Hall–Kier alpha value is -1.55. The third-order valence-electron chi connectivity index (χ3n) is 3.75. The molecule has 0 spiro atoms. The molecule has 2 nitrogen and oxygen atoms in total. The van der Waals surface area contributed by atoms with E-state index in [1.807, 2.05) is 0 Å². The molecular formula is C19H16Cl3FO2. The summed E-state index contributed by atoms with van der Waals surface area (Å²) in [7, 11) is 0. The van der Waals surface area contributed by atoms with Gasteiger partial charge in [0, 0.05) is 22.0 Å². The van der Waals surface area contributed by atoms with Crippen molar-refractivity contribution in [2.45, 2.75) is 26.2 Å². The van der Waals surface area contributed by atoms with Crippen LogP contribution in [-0.4, -0.2) is 10.3 Å². The molecule has 0 amide bonds. The molecule has 0 aliphatic carbocycles. The van der Waals surface area contributed by atoms with Crippen LogP contribution in [-0.2, 0) is 11.2 Å². The maximum atomic E-state index is 14.7. The zero-order valence-corrected chi connectivity index (χ0v) is 15.9. The number of benzene rings is 2. The van der Waals surface area contributed by atoms with Crippen LogP contribution in [0.4, 0.5) is 4.39 Å². The van der Waals surface area contributed by atoms with Crippen LogP contribution < -0.4 is 0 Å². The predicted molar refractivity (Wildman–Crippen MR) is 101 cm³/mol. The monoisotopic (exact) mass is 400 g/mol. The number of hydrogen-bond acceptors (Lipinski definition) is 2. The summed E-state index contributed by atoms with van der Waals surface area (Å²) in [5.41, 5.74) is 1.84. The lowest BCUT2D eigenvalue weighted by Crippen LogP contribution is -2.01. The van der Waals surface area contributed by atoms with E-state index in [0.717, 1.165) is 0 Å². The molecule has 2 rings (SSSR count). The van der Waals surface area contributed by atoms with Gasteiger partial charge in [-0.1, -0.05) is 49.2 Å². The number of carbonyl (C=O) groups is 1. The molecule has 0 unspecified atom stereocenters. The van der Waals surface area contributed by atoms with E-state index in [1.165, 1.54) is 24.3 Å². The van der Waals surface area contributed by atoms with E-state index in [-0.39, 0.29) is 23.7 Å². The van der Waals surface area contributed by atoms with Crippen molar-refractivity contribution >= 4 is 46.1 Å². The fourth-order valence-corrected chi connectivity index (χ4v) is 3.25. The number of phenolic OH excluding ortho intramolecular Hbond substituents is 1. The number of carbonyl (C=O) groups excluding carboxylic acids is 1. The first-order valence-corrected chi connectivity index (χ1v) is 8.69. The highest BCUT2D eigenvalue weighted by molar-refractivity contribution is 6.66. The Labute approximate surface area is 160 Å². The second-order valence-corrected chi connectivity index (χ2v) is 7.09. The number of rotatable bonds is 5. The molecule has 0 aliphatic heterocycles. The van der Waals surface area contributed by atoms with Gasteiger partial charge in [0.05, 0.1) is 0 Å². The van der Waals surface area contributed by atoms with E-state index >= 15 is 0 Å². The Morgan fingerprint density at radius 1 is 1.24 bits per heavy atom. The van der Waals surface area contributed by atoms with Gasteiger partial charge in [0.15, 0.2) is 0 Å². The normalized spacial score (nSPS) is 11.5. The summed E-state index contributed by atoms with van der Waals surface area (Å²) in [5.74, 6) is -0.690. The Kier molecular flexibility index (Phi) is 6.50. The molecule has 0 saturated heterocycles. The van der Waals surface area contributed by atoms with Crippen LogP contribution in [0.2, 0.25) is 10.0 Å². The van der Waals surface area contributed by atoms with Gasteiger partial charge >= 0.3 is 0 Å². The smallest absolute Gasteiger partial charge is 0.245 e. The van der Waals surface area contributed by atoms with Crippen molar-refractivity contribution in [1.29, 1.82) is 0 Å². The van der Waals surface area contributed by atoms with Gasteiger partial charge in [0.2, 0.25) is 5.24 Å². The highest BCUT2D eigenvalue weighted by atomic mass is 35.5. The fourth-order valence-electron chi connectivity index (χ4n) is 2.55. The van der Waals surface area contributed by atoms with Gasteiger partial charge in [0.1, 0.15) is 11.6 Å². The molecule has 0 saturated carbocycles. The predicted octanol–water partition coefficient (Wildman–Crippen LogP) is 6.33. The average molecular weight is 402 g/mol. The molecule has 6 heteroatoms. The number of aromatic hydroxyl groups is 1. The summed E-state index contributed by atoms with van der Waals surface area (Å²) >= 11 is 17.8. The Balaban J connectivity index is 2.42. The first kappa shape index (κ1) is 19.8. The van der Waals surface area contributed by atoms with Gasteiger partial charge in [-0.15, -0.1) is 0 Å². The van der Waals surface area contributed by atoms with Crippen LogP contribution in [0, 0.1) is 5.82 Å². The lowest BCUT2D eigenvalue weighted by Gasteiger charge is -2.15. The van der Waals surface area contributed by atoms with E-state index in [4.69, 9.17) is 34.8 Å². The van der Waals surface area contributed by atoms with Crippen molar-refractivity contribution in [2.75, 3.05) is 0 Å². The molecule has 0 heterocycles. The number of allylic oxidation sites excluding steroid dienone is 1. The summed E-state index contributed by atoms with van der Waals surface area (Å²) in [6, 6.07) is 6.24. The largest absolute Gasteiger partial charge is 0.508 e. The van der Waals surface area contributed by atoms with E-state index in [2.05, 4.69) is 0 Å². The maximum Gasteiger partial charge on any atom is 0.245 e. The molecule has 0 aliphatic rings. The van der Waals surface area contributed by atoms with Gasteiger partial charge in [-0.05, 0) is 58.5 Å². The van der Waals surface area contributed by atoms with Crippen molar-refractivity contribution in [3.8, 4) is 5.75 Å². The van der Waals surface area contributed by atoms with Crippen LogP contribution >= 0.6 is 34.8 Å². The minimum atomic E-state index is -0.608. The highest BCUT2D eigenvalue weighted by Gasteiger charge is 2.18. The lowest BCUT2D eigenvalue weighted by molar-refractivity contribution is -0.107. The van der Waals surface area contributed by atoms with Crippen molar-refractivity contribution in [3.05, 3.63) is 68.5 Å². The Morgan fingerprint density at radius 3 is 2.36 bits per heavy atom. The lowest BCUT2D eigenvalue weighted by atomic mass is 9.95. The van der Waals surface area contributed by atoms with Gasteiger partial charge in [-0.25, -0.2) is 4.39 Å². The second kappa shape index (κ2) is 8.22. The number of hydrogen-bond donors (Lipinski definition) is 1. The second-order valence-electron chi connectivity index (χ2n) is 5.90. The third kappa shape index (κ3) is 4.75. The first-order valence-electron chi connectivity index (χ1n) is 7.56. The maximum absolute atomic E-state index is 14.7. The van der Waals surface area contributed by atoms with Gasteiger partial charge in [0.25, 0.3) is 0 Å². The highest BCUT2D eigenvalue weighted by Crippen LogP contribution is 2.34.